The van der Waals surface area contributed by atoms with Gasteiger partial charge < -0.3 is 15.8 Å². The lowest BCUT2D eigenvalue weighted by molar-refractivity contribution is -0.126. The minimum atomic E-state index is -0.591. The summed E-state index contributed by atoms with van der Waals surface area (Å²) in [6.45, 7) is 1.18. The van der Waals surface area contributed by atoms with Crippen LogP contribution in [0.2, 0.25) is 0 Å². The van der Waals surface area contributed by atoms with Crippen LogP contribution in [0.3, 0.4) is 0 Å². The van der Waals surface area contributed by atoms with Crippen LogP contribution in [0.1, 0.15) is 11.6 Å². The molecule has 0 bridgehead atoms. The number of carbonyl (C=O) groups excluding carboxylic acids is 1. The fourth-order valence-corrected chi connectivity index (χ4v) is 1.42. The monoisotopic (exact) mass is 206 g/mol. The van der Waals surface area contributed by atoms with Crippen LogP contribution in [-0.4, -0.2) is 25.2 Å². The molecule has 15 heavy (non-hydrogen) atoms. The first kappa shape index (κ1) is 10.1. The number of ether oxygens (including phenoxy) is 1. The largest absolute Gasteiger partial charge is 0.377 e. The zero-order valence-corrected chi connectivity index (χ0v) is 8.35. The van der Waals surface area contributed by atoms with Gasteiger partial charge in [-0.15, -0.1) is 0 Å². The molecule has 1 aliphatic rings. The molecule has 4 heteroatoms. The molecule has 0 spiro atoms. The molecular formula is C11H14N2O2. The second-order valence-electron chi connectivity index (χ2n) is 3.63. The summed E-state index contributed by atoms with van der Waals surface area (Å²) in [5.74, 6) is -0.144. The van der Waals surface area contributed by atoms with Crippen LogP contribution in [0.5, 0.6) is 0 Å². The predicted molar refractivity (Wildman–Crippen MR) is 56.1 cm³/mol. The maximum atomic E-state index is 11.7. The molecule has 1 amide bonds. The minimum Gasteiger partial charge on any atom is -0.377 e. The van der Waals surface area contributed by atoms with Gasteiger partial charge in [0, 0.05) is 0 Å². The van der Waals surface area contributed by atoms with E-state index in [2.05, 4.69) is 5.32 Å². The number of amides is 1. The molecule has 0 unspecified atom stereocenters. The van der Waals surface area contributed by atoms with Crippen LogP contribution in [0.4, 0.5) is 0 Å². The average Bonchev–Trinajstić information content (AvgIpc) is 2.23. The van der Waals surface area contributed by atoms with Gasteiger partial charge >= 0.3 is 0 Å². The maximum Gasteiger partial charge on any atom is 0.241 e. The van der Waals surface area contributed by atoms with Gasteiger partial charge in [0.1, 0.15) is 6.04 Å². The molecule has 3 N–H and O–H groups in total. The summed E-state index contributed by atoms with van der Waals surface area (Å²) in [6.07, 6.45) is 0. The van der Waals surface area contributed by atoms with Gasteiger partial charge in [0.25, 0.3) is 0 Å². The van der Waals surface area contributed by atoms with Crippen LogP contribution in [0, 0.1) is 0 Å². The number of nitrogens with two attached hydrogens (primary N) is 1. The molecule has 1 atom stereocenters. The second kappa shape index (κ2) is 4.42. The molecule has 0 aliphatic carbocycles. The fourth-order valence-electron chi connectivity index (χ4n) is 1.42. The highest BCUT2D eigenvalue weighted by Crippen LogP contribution is 2.10. The Morgan fingerprint density at radius 2 is 2.07 bits per heavy atom. The van der Waals surface area contributed by atoms with E-state index in [-0.39, 0.29) is 11.9 Å². The fraction of sp³-hybridized carbons (Fsp3) is 0.364. The number of hydrogen-bond donors (Lipinski definition) is 2. The minimum absolute atomic E-state index is 0.132. The summed E-state index contributed by atoms with van der Waals surface area (Å²) in [7, 11) is 0. The summed E-state index contributed by atoms with van der Waals surface area (Å²) >= 11 is 0. The molecule has 1 saturated heterocycles. The third kappa shape index (κ3) is 2.34. The molecular weight excluding hydrogens is 192 g/mol. The Morgan fingerprint density at radius 3 is 2.60 bits per heavy atom. The third-order valence-corrected chi connectivity index (χ3v) is 2.43. The lowest BCUT2D eigenvalue weighted by Crippen LogP contribution is -2.51. The van der Waals surface area contributed by atoms with Gasteiger partial charge in [-0.1, -0.05) is 30.3 Å². The van der Waals surface area contributed by atoms with Gasteiger partial charge in [0.05, 0.1) is 19.3 Å². The van der Waals surface area contributed by atoms with Gasteiger partial charge in [0.2, 0.25) is 5.91 Å². The van der Waals surface area contributed by atoms with Crippen molar-refractivity contribution in [2.75, 3.05) is 13.2 Å². The van der Waals surface area contributed by atoms with Crippen molar-refractivity contribution in [3.05, 3.63) is 35.9 Å². The van der Waals surface area contributed by atoms with Crippen molar-refractivity contribution in [2.24, 2.45) is 5.73 Å². The summed E-state index contributed by atoms with van der Waals surface area (Å²) in [6, 6.07) is 8.87. The van der Waals surface area contributed by atoms with Crippen LogP contribution < -0.4 is 11.1 Å². The van der Waals surface area contributed by atoms with Crippen molar-refractivity contribution < 1.29 is 9.53 Å². The molecule has 1 fully saturated rings. The zero-order valence-electron chi connectivity index (χ0n) is 8.35. The highest BCUT2D eigenvalue weighted by Gasteiger charge is 2.23. The number of rotatable bonds is 3. The Labute approximate surface area is 88.4 Å². The van der Waals surface area contributed by atoms with Crippen molar-refractivity contribution in [1.82, 2.24) is 5.32 Å². The van der Waals surface area contributed by atoms with E-state index in [1.54, 1.807) is 0 Å². The first-order valence-electron chi connectivity index (χ1n) is 4.96. The lowest BCUT2D eigenvalue weighted by Gasteiger charge is -2.28. The second-order valence-corrected chi connectivity index (χ2v) is 3.63. The number of nitrogens with one attached hydrogen (secondary N) is 1. The van der Waals surface area contributed by atoms with Crippen LogP contribution in [0.25, 0.3) is 0 Å². The summed E-state index contributed by atoms with van der Waals surface area (Å²) in [4.78, 5) is 11.7. The first-order valence-corrected chi connectivity index (χ1v) is 4.96. The smallest absolute Gasteiger partial charge is 0.241 e. The van der Waals surface area contributed by atoms with Gasteiger partial charge in [-0.3, -0.25) is 4.79 Å². The van der Waals surface area contributed by atoms with E-state index < -0.39 is 6.04 Å². The van der Waals surface area contributed by atoms with Gasteiger partial charge in [-0.2, -0.15) is 0 Å². The topological polar surface area (TPSA) is 64.4 Å². The van der Waals surface area contributed by atoms with E-state index in [9.17, 15) is 4.79 Å². The third-order valence-electron chi connectivity index (χ3n) is 2.43. The molecule has 1 aromatic carbocycles. The Morgan fingerprint density at radius 1 is 1.40 bits per heavy atom. The highest BCUT2D eigenvalue weighted by atomic mass is 16.5. The number of benzene rings is 1. The molecule has 0 saturated carbocycles. The number of carbonyl (C=O) groups is 1. The summed E-state index contributed by atoms with van der Waals surface area (Å²) in [5, 5.41) is 2.83. The van der Waals surface area contributed by atoms with Gasteiger partial charge in [0.15, 0.2) is 0 Å². The molecule has 4 nitrogen and oxygen atoms in total. The van der Waals surface area contributed by atoms with Gasteiger partial charge in [-0.25, -0.2) is 0 Å². The van der Waals surface area contributed by atoms with E-state index >= 15 is 0 Å². The van der Waals surface area contributed by atoms with Crippen molar-refractivity contribution in [3.8, 4) is 0 Å². The van der Waals surface area contributed by atoms with Crippen molar-refractivity contribution in [3.63, 3.8) is 0 Å². The standard InChI is InChI=1S/C11H14N2O2/c12-10(8-4-2-1-3-5-8)11(14)13-9-6-15-7-9/h1-5,9-10H,6-7,12H2,(H,13,14)/t10-/m1/s1. The van der Waals surface area contributed by atoms with E-state index in [4.69, 9.17) is 10.5 Å². The molecule has 1 heterocycles. The van der Waals surface area contributed by atoms with E-state index in [1.807, 2.05) is 30.3 Å². The molecule has 1 aromatic rings. The Bertz CT molecular complexity index is 336. The first-order chi connectivity index (χ1) is 7.27. The van der Waals surface area contributed by atoms with Crippen LogP contribution >= 0.6 is 0 Å². The normalized spacial score (nSPS) is 17.9. The van der Waals surface area contributed by atoms with Crippen LogP contribution in [0.15, 0.2) is 30.3 Å². The lowest BCUT2D eigenvalue weighted by atomic mass is 10.1. The highest BCUT2D eigenvalue weighted by molar-refractivity contribution is 5.83. The Hall–Kier alpha value is -1.39. The summed E-state index contributed by atoms with van der Waals surface area (Å²) in [5.41, 5.74) is 6.64. The SMILES string of the molecule is N[C@@H](C(=O)NC1COC1)c1ccccc1. The quantitative estimate of drug-likeness (QED) is 0.742. The van der Waals surface area contributed by atoms with Crippen molar-refractivity contribution in [2.45, 2.75) is 12.1 Å². The van der Waals surface area contributed by atoms with E-state index in [0.717, 1.165) is 5.56 Å². The van der Waals surface area contributed by atoms with Crippen molar-refractivity contribution >= 4 is 5.91 Å². The van der Waals surface area contributed by atoms with E-state index in [0.29, 0.717) is 13.2 Å². The molecule has 1 aliphatic heterocycles. The molecule has 0 aromatic heterocycles. The zero-order chi connectivity index (χ0) is 10.7. The molecule has 0 radical (unpaired) electrons. The van der Waals surface area contributed by atoms with Crippen molar-refractivity contribution in [1.29, 1.82) is 0 Å². The maximum absolute atomic E-state index is 11.7. The van der Waals surface area contributed by atoms with E-state index in [1.165, 1.54) is 0 Å². The Kier molecular flexibility index (Phi) is 2.99. The number of hydrogen-bond acceptors (Lipinski definition) is 3. The average molecular weight is 206 g/mol. The summed E-state index contributed by atoms with van der Waals surface area (Å²) < 4.78 is 4.97. The van der Waals surface area contributed by atoms with Gasteiger partial charge in [-0.05, 0) is 5.56 Å². The Balaban J connectivity index is 1.94. The molecule has 80 valence electrons. The molecule has 2 rings (SSSR count). The predicted octanol–water partition coefficient (Wildman–Crippen LogP) is 0.201. The van der Waals surface area contributed by atoms with Crippen LogP contribution in [-0.2, 0) is 9.53 Å².